The molecule has 6 heteroatoms. The summed E-state index contributed by atoms with van der Waals surface area (Å²) in [4.78, 5) is 24.7. The van der Waals surface area contributed by atoms with Crippen LogP contribution in [-0.4, -0.2) is 47.4 Å². The van der Waals surface area contributed by atoms with E-state index in [0.29, 0.717) is 25.9 Å². The van der Waals surface area contributed by atoms with Crippen LogP contribution in [0.25, 0.3) is 0 Å². The second-order valence-corrected chi connectivity index (χ2v) is 27.7. The molecule has 0 saturated carbocycles. The maximum atomic E-state index is 12.6. The Kier molecular flexibility index (Phi) is 75.8. The number of allylic oxidation sites excluding steroid dienone is 6. The lowest BCUT2D eigenvalue weighted by atomic mass is 10.0. The highest BCUT2D eigenvalue weighted by Crippen LogP contribution is 2.20. The fraction of sp³-hybridized carbons (Fsp3) is 0.902. The zero-order chi connectivity index (χ0) is 63.5. The van der Waals surface area contributed by atoms with Crippen molar-refractivity contribution in [2.75, 3.05) is 13.2 Å². The number of unbranched alkanes of at least 4 members (excludes halogenated alkanes) is 59. The molecule has 520 valence electrons. The number of hydrogen-bond acceptors (Lipinski definition) is 5. The summed E-state index contributed by atoms with van der Waals surface area (Å²) in [5.41, 5.74) is 0. The first kappa shape index (κ1) is 86.1. The topological polar surface area (TPSA) is 95.9 Å². The molecule has 0 fully saturated rings. The maximum absolute atomic E-state index is 12.6. The number of amides is 1. The molecule has 0 aliphatic carbocycles. The van der Waals surface area contributed by atoms with E-state index in [2.05, 4.69) is 55.6 Å². The standard InChI is InChI=1S/C82H157NO5/c1-3-5-7-9-11-13-15-17-19-21-23-24-25-32-35-39-42-46-50-54-58-62-66-70-74-80(85)79(78-84)83-81(86)75-71-67-63-59-55-51-47-43-40-36-33-30-28-26-27-29-31-34-37-41-45-49-53-57-61-65-69-73-77-88-82(87)76-72-68-64-60-56-52-48-44-38-22-20-18-16-14-12-10-8-6-4-2/h12,14,18,20,26-27,79-80,84-85H,3-11,13,15-17,19,21-25,28-78H2,1-2H3,(H,83,86)/b14-12-,20-18-,27-26-. The zero-order valence-corrected chi connectivity index (χ0v) is 59.7. The van der Waals surface area contributed by atoms with Gasteiger partial charge in [-0.1, -0.05) is 391 Å². The Balaban J connectivity index is 3.37. The van der Waals surface area contributed by atoms with Crippen molar-refractivity contribution < 1.29 is 24.5 Å². The minimum atomic E-state index is -0.666. The number of esters is 1. The van der Waals surface area contributed by atoms with Crippen LogP contribution in [0.15, 0.2) is 36.5 Å². The minimum absolute atomic E-state index is 0.0130. The van der Waals surface area contributed by atoms with Crippen molar-refractivity contribution >= 4 is 11.9 Å². The molecule has 0 aromatic rings. The fourth-order valence-corrected chi connectivity index (χ4v) is 12.8. The molecule has 3 N–H and O–H groups in total. The van der Waals surface area contributed by atoms with Crippen LogP contribution in [0.5, 0.6) is 0 Å². The molecule has 0 aliphatic rings. The van der Waals surface area contributed by atoms with Crippen molar-refractivity contribution in [1.82, 2.24) is 5.32 Å². The number of aliphatic hydroxyl groups excluding tert-OH is 2. The lowest BCUT2D eigenvalue weighted by Gasteiger charge is -2.22. The predicted molar refractivity (Wildman–Crippen MR) is 389 cm³/mol. The van der Waals surface area contributed by atoms with E-state index in [0.717, 1.165) is 51.4 Å². The molecule has 0 bridgehead atoms. The highest BCUT2D eigenvalue weighted by molar-refractivity contribution is 5.76. The Hall–Kier alpha value is -1.92. The first-order valence-electron chi connectivity index (χ1n) is 40.2. The van der Waals surface area contributed by atoms with Crippen LogP contribution < -0.4 is 5.32 Å². The number of rotatable bonds is 76. The van der Waals surface area contributed by atoms with Crippen LogP contribution in [-0.2, 0) is 14.3 Å². The quantitative estimate of drug-likeness (QED) is 0.0320. The van der Waals surface area contributed by atoms with E-state index >= 15 is 0 Å². The summed E-state index contributed by atoms with van der Waals surface area (Å²) < 4.78 is 5.51. The third-order valence-corrected chi connectivity index (χ3v) is 18.9. The largest absolute Gasteiger partial charge is 0.466 e. The first-order chi connectivity index (χ1) is 43.5. The Morgan fingerprint density at radius 3 is 0.898 bits per heavy atom. The Bertz CT molecular complexity index is 1430. The van der Waals surface area contributed by atoms with Crippen molar-refractivity contribution in [2.45, 2.75) is 463 Å². The molecule has 0 aromatic heterocycles. The zero-order valence-electron chi connectivity index (χ0n) is 59.7. The van der Waals surface area contributed by atoms with E-state index < -0.39 is 12.1 Å². The summed E-state index contributed by atoms with van der Waals surface area (Å²) in [5.74, 6) is -0.0165. The van der Waals surface area contributed by atoms with E-state index in [1.807, 2.05) is 0 Å². The van der Waals surface area contributed by atoms with Crippen LogP contribution in [0.1, 0.15) is 450 Å². The average Bonchev–Trinajstić information content (AvgIpc) is 3.55. The lowest BCUT2D eigenvalue weighted by Crippen LogP contribution is -2.45. The Morgan fingerprint density at radius 2 is 0.568 bits per heavy atom. The number of ether oxygens (including phenoxy) is 1. The summed E-state index contributed by atoms with van der Waals surface area (Å²) in [6.07, 6.45) is 101. The smallest absolute Gasteiger partial charge is 0.305 e. The highest BCUT2D eigenvalue weighted by Gasteiger charge is 2.20. The van der Waals surface area contributed by atoms with Gasteiger partial charge in [0.15, 0.2) is 0 Å². The van der Waals surface area contributed by atoms with E-state index in [4.69, 9.17) is 4.74 Å². The van der Waals surface area contributed by atoms with E-state index in [-0.39, 0.29) is 18.5 Å². The van der Waals surface area contributed by atoms with Gasteiger partial charge in [0.05, 0.1) is 25.4 Å². The number of carbonyl (C=O) groups excluding carboxylic acids is 2. The van der Waals surface area contributed by atoms with Gasteiger partial charge in [-0.25, -0.2) is 0 Å². The molecular weight excluding hydrogens is 1080 g/mol. The second-order valence-electron chi connectivity index (χ2n) is 27.7. The van der Waals surface area contributed by atoms with Gasteiger partial charge in [0, 0.05) is 12.8 Å². The predicted octanol–water partition coefficient (Wildman–Crippen LogP) is 26.6. The summed E-state index contributed by atoms with van der Waals surface area (Å²) in [7, 11) is 0. The lowest BCUT2D eigenvalue weighted by molar-refractivity contribution is -0.143. The average molecular weight is 1240 g/mol. The Morgan fingerprint density at radius 1 is 0.318 bits per heavy atom. The SMILES string of the molecule is CCCCC/C=C\C/C=C\CCCCCCCCCCCC(=O)OCCCCCCCCCCCCCC/C=C\CCCCCCCCCCCCCCC(=O)NC(CO)C(O)CCCCCCCCCCCCCCCCCCCCCCCCCC. The van der Waals surface area contributed by atoms with Crippen LogP contribution in [0, 0.1) is 0 Å². The normalized spacial score (nSPS) is 12.6. The molecule has 0 aromatic carbocycles. The summed E-state index contributed by atoms with van der Waals surface area (Å²) in [5, 5.41) is 23.5. The molecule has 0 saturated heterocycles. The molecule has 0 radical (unpaired) electrons. The van der Waals surface area contributed by atoms with Gasteiger partial charge in [-0.15, -0.1) is 0 Å². The molecular formula is C82H157NO5. The summed E-state index contributed by atoms with van der Waals surface area (Å²) in [6, 6.07) is -0.543. The van der Waals surface area contributed by atoms with Gasteiger partial charge in [0.2, 0.25) is 5.91 Å². The number of hydrogen-bond donors (Lipinski definition) is 3. The van der Waals surface area contributed by atoms with Crippen LogP contribution in [0.4, 0.5) is 0 Å². The third-order valence-electron chi connectivity index (χ3n) is 18.9. The van der Waals surface area contributed by atoms with Crippen LogP contribution in [0.3, 0.4) is 0 Å². The first-order valence-corrected chi connectivity index (χ1v) is 40.2. The molecule has 0 heterocycles. The van der Waals surface area contributed by atoms with Crippen molar-refractivity contribution in [3.8, 4) is 0 Å². The molecule has 6 nitrogen and oxygen atoms in total. The fourth-order valence-electron chi connectivity index (χ4n) is 12.8. The Labute approximate surface area is 551 Å². The summed E-state index contributed by atoms with van der Waals surface area (Å²) >= 11 is 0. The van der Waals surface area contributed by atoms with Gasteiger partial charge in [0.25, 0.3) is 0 Å². The van der Waals surface area contributed by atoms with Gasteiger partial charge < -0.3 is 20.3 Å². The van der Waals surface area contributed by atoms with Gasteiger partial charge >= 0.3 is 5.97 Å². The second kappa shape index (κ2) is 77.5. The molecule has 0 aliphatic heterocycles. The van der Waals surface area contributed by atoms with Crippen molar-refractivity contribution in [3.05, 3.63) is 36.5 Å². The number of carbonyl (C=O) groups is 2. The molecule has 0 rings (SSSR count). The van der Waals surface area contributed by atoms with Crippen molar-refractivity contribution in [2.24, 2.45) is 0 Å². The van der Waals surface area contributed by atoms with E-state index in [1.54, 1.807) is 0 Å². The van der Waals surface area contributed by atoms with Crippen LogP contribution >= 0.6 is 0 Å². The van der Waals surface area contributed by atoms with Crippen molar-refractivity contribution in [3.63, 3.8) is 0 Å². The molecule has 2 atom stereocenters. The van der Waals surface area contributed by atoms with E-state index in [9.17, 15) is 19.8 Å². The van der Waals surface area contributed by atoms with Gasteiger partial charge in [-0.3, -0.25) is 9.59 Å². The molecule has 1 amide bonds. The van der Waals surface area contributed by atoms with E-state index in [1.165, 1.54) is 366 Å². The molecule has 0 spiro atoms. The van der Waals surface area contributed by atoms with Crippen molar-refractivity contribution in [1.29, 1.82) is 0 Å². The number of nitrogens with one attached hydrogen (secondary N) is 1. The molecule has 2 unspecified atom stereocenters. The molecule has 88 heavy (non-hydrogen) atoms. The minimum Gasteiger partial charge on any atom is -0.466 e. The number of aliphatic hydroxyl groups is 2. The highest BCUT2D eigenvalue weighted by atomic mass is 16.5. The monoisotopic (exact) mass is 1240 g/mol. The van der Waals surface area contributed by atoms with Gasteiger partial charge in [-0.05, 0) is 83.5 Å². The van der Waals surface area contributed by atoms with Gasteiger partial charge in [-0.2, -0.15) is 0 Å². The van der Waals surface area contributed by atoms with Gasteiger partial charge in [0.1, 0.15) is 0 Å². The summed E-state index contributed by atoms with van der Waals surface area (Å²) in [6.45, 7) is 4.98. The third kappa shape index (κ3) is 73.1. The maximum Gasteiger partial charge on any atom is 0.305 e. The van der Waals surface area contributed by atoms with Crippen LogP contribution in [0.2, 0.25) is 0 Å².